The Morgan fingerprint density at radius 2 is 1.50 bits per heavy atom. The van der Waals surface area contributed by atoms with Crippen LogP contribution < -0.4 is 13.8 Å². The third-order valence-electron chi connectivity index (χ3n) is 4.23. The zero-order valence-corrected chi connectivity index (χ0v) is 16.3. The van der Waals surface area contributed by atoms with Gasteiger partial charge in [-0.05, 0) is 54.1 Å². The molecule has 0 heterocycles. The molecule has 7 heteroatoms. The summed E-state index contributed by atoms with van der Waals surface area (Å²) in [6.07, 6.45) is 0. The fraction of sp³-hybridized carbons (Fsp3) is 0.143. The van der Waals surface area contributed by atoms with Crippen LogP contribution in [0.3, 0.4) is 0 Å². The third-order valence-corrected chi connectivity index (χ3v) is 6.02. The molecule has 0 atom stereocenters. The van der Waals surface area contributed by atoms with E-state index in [1.54, 1.807) is 48.5 Å². The zero-order valence-electron chi connectivity index (χ0n) is 15.5. The quantitative estimate of drug-likeness (QED) is 0.594. The number of nitrogens with zero attached hydrogens (tertiary/aromatic N) is 1. The number of methoxy groups -OCH3 is 2. The largest absolute Gasteiger partial charge is 0.497 e. The second-order valence-corrected chi connectivity index (χ2v) is 7.88. The molecular weight excluding hydrogens is 381 g/mol. The third kappa shape index (κ3) is 4.26. The topological polar surface area (TPSA) is 55.8 Å². The van der Waals surface area contributed by atoms with Crippen molar-refractivity contribution in [2.75, 3.05) is 18.5 Å². The van der Waals surface area contributed by atoms with Crippen molar-refractivity contribution in [2.45, 2.75) is 11.4 Å². The van der Waals surface area contributed by atoms with Crippen LogP contribution in [0.15, 0.2) is 77.7 Å². The highest BCUT2D eigenvalue weighted by molar-refractivity contribution is 7.92. The molecule has 3 rings (SSSR count). The van der Waals surface area contributed by atoms with Crippen LogP contribution in [0, 0.1) is 5.82 Å². The van der Waals surface area contributed by atoms with Crippen molar-refractivity contribution in [2.24, 2.45) is 0 Å². The lowest BCUT2D eigenvalue weighted by Crippen LogP contribution is -2.30. The summed E-state index contributed by atoms with van der Waals surface area (Å²) >= 11 is 0. The van der Waals surface area contributed by atoms with Crippen LogP contribution in [0.25, 0.3) is 0 Å². The molecule has 0 spiro atoms. The first-order valence-corrected chi connectivity index (χ1v) is 9.93. The molecule has 28 heavy (non-hydrogen) atoms. The molecule has 0 aliphatic carbocycles. The summed E-state index contributed by atoms with van der Waals surface area (Å²) in [5.74, 6) is 0.714. The summed E-state index contributed by atoms with van der Waals surface area (Å²) in [6, 6.07) is 18.7. The number of hydrogen-bond donors (Lipinski definition) is 0. The van der Waals surface area contributed by atoms with Crippen molar-refractivity contribution in [3.63, 3.8) is 0 Å². The Kier molecular flexibility index (Phi) is 5.84. The van der Waals surface area contributed by atoms with Gasteiger partial charge in [0.1, 0.15) is 17.3 Å². The zero-order chi connectivity index (χ0) is 20.1. The molecular formula is C21H20FNO4S. The van der Waals surface area contributed by atoms with E-state index in [-0.39, 0.29) is 17.3 Å². The number of halogens is 1. The predicted molar refractivity (Wildman–Crippen MR) is 106 cm³/mol. The van der Waals surface area contributed by atoms with Crippen LogP contribution in [0.2, 0.25) is 0 Å². The Morgan fingerprint density at radius 3 is 2.11 bits per heavy atom. The monoisotopic (exact) mass is 401 g/mol. The van der Waals surface area contributed by atoms with Crippen molar-refractivity contribution in [3.8, 4) is 11.5 Å². The van der Waals surface area contributed by atoms with E-state index in [1.165, 1.54) is 42.8 Å². The first-order valence-electron chi connectivity index (χ1n) is 8.49. The lowest BCUT2D eigenvalue weighted by atomic mass is 10.2. The van der Waals surface area contributed by atoms with Gasteiger partial charge in [0.15, 0.2) is 0 Å². The summed E-state index contributed by atoms with van der Waals surface area (Å²) in [5, 5.41) is 0. The molecule has 146 valence electrons. The molecule has 0 saturated carbocycles. The number of ether oxygens (including phenoxy) is 2. The summed E-state index contributed by atoms with van der Waals surface area (Å²) in [4.78, 5) is 0.123. The van der Waals surface area contributed by atoms with E-state index in [1.807, 2.05) is 0 Å². The standard InChI is InChI=1S/C21H20FNO4S/c1-26-19-10-12-21(13-11-19)28(24,25)23(15-16-6-8-17(22)9-7-16)18-4-3-5-20(14-18)27-2/h3-14H,15H2,1-2H3. The average Bonchev–Trinajstić information content (AvgIpc) is 2.73. The molecule has 3 aromatic carbocycles. The van der Waals surface area contributed by atoms with Gasteiger partial charge in [-0.1, -0.05) is 18.2 Å². The van der Waals surface area contributed by atoms with Gasteiger partial charge in [0.25, 0.3) is 10.0 Å². The van der Waals surface area contributed by atoms with Crippen LogP contribution in [-0.2, 0) is 16.6 Å². The van der Waals surface area contributed by atoms with E-state index in [9.17, 15) is 12.8 Å². The van der Waals surface area contributed by atoms with Gasteiger partial charge in [0, 0.05) is 6.07 Å². The van der Waals surface area contributed by atoms with Gasteiger partial charge >= 0.3 is 0 Å². The van der Waals surface area contributed by atoms with Crippen molar-refractivity contribution >= 4 is 15.7 Å². The van der Waals surface area contributed by atoms with E-state index in [0.29, 0.717) is 22.7 Å². The smallest absolute Gasteiger partial charge is 0.264 e. The Bertz CT molecular complexity index is 1030. The second-order valence-electron chi connectivity index (χ2n) is 6.02. The SMILES string of the molecule is COc1ccc(S(=O)(=O)N(Cc2ccc(F)cc2)c2cccc(OC)c2)cc1. The number of benzene rings is 3. The molecule has 0 saturated heterocycles. The number of rotatable bonds is 7. The first kappa shape index (κ1) is 19.7. The maximum atomic E-state index is 13.4. The van der Waals surface area contributed by atoms with Crippen LogP contribution in [-0.4, -0.2) is 22.6 Å². The van der Waals surface area contributed by atoms with Gasteiger partial charge in [0.2, 0.25) is 0 Å². The van der Waals surface area contributed by atoms with Crippen LogP contribution >= 0.6 is 0 Å². The van der Waals surface area contributed by atoms with Gasteiger partial charge in [-0.3, -0.25) is 4.31 Å². The van der Waals surface area contributed by atoms with E-state index in [4.69, 9.17) is 9.47 Å². The fourth-order valence-electron chi connectivity index (χ4n) is 2.71. The number of sulfonamides is 1. The van der Waals surface area contributed by atoms with E-state index >= 15 is 0 Å². The van der Waals surface area contributed by atoms with Crippen LogP contribution in [0.5, 0.6) is 11.5 Å². The van der Waals surface area contributed by atoms with E-state index in [0.717, 1.165) is 0 Å². The maximum Gasteiger partial charge on any atom is 0.264 e. The lowest BCUT2D eigenvalue weighted by molar-refractivity contribution is 0.414. The molecule has 0 bridgehead atoms. The minimum Gasteiger partial charge on any atom is -0.497 e. The Morgan fingerprint density at radius 1 is 0.857 bits per heavy atom. The fourth-order valence-corrected chi connectivity index (χ4v) is 4.16. The highest BCUT2D eigenvalue weighted by atomic mass is 32.2. The van der Waals surface area contributed by atoms with Crippen molar-refractivity contribution < 1.29 is 22.3 Å². The van der Waals surface area contributed by atoms with Gasteiger partial charge in [-0.2, -0.15) is 0 Å². The summed E-state index contributed by atoms with van der Waals surface area (Å²) in [7, 11) is -0.854. The first-order chi connectivity index (χ1) is 13.4. The van der Waals surface area contributed by atoms with Crippen molar-refractivity contribution in [1.29, 1.82) is 0 Å². The molecule has 3 aromatic rings. The molecule has 0 aromatic heterocycles. The molecule has 0 amide bonds. The van der Waals surface area contributed by atoms with Gasteiger partial charge in [-0.15, -0.1) is 0 Å². The second kappa shape index (κ2) is 8.31. The molecule has 0 radical (unpaired) electrons. The van der Waals surface area contributed by atoms with E-state index < -0.39 is 10.0 Å². The minimum atomic E-state index is -3.88. The number of anilines is 1. The van der Waals surface area contributed by atoms with Gasteiger partial charge < -0.3 is 9.47 Å². The summed E-state index contributed by atoms with van der Waals surface area (Å²) in [5.41, 5.74) is 1.10. The number of hydrogen-bond acceptors (Lipinski definition) is 4. The molecule has 0 unspecified atom stereocenters. The molecule has 0 N–H and O–H groups in total. The summed E-state index contributed by atoms with van der Waals surface area (Å²) in [6.45, 7) is 0.0435. The lowest BCUT2D eigenvalue weighted by Gasteiger charge is -2.25. The summed E-state index contributed by atoms with van der Waals surface area (Å²) < 4.78 is 51.6. The Labute approximate surface area is 164 Å². The van der Waals surface area contributed by atoms with Gasteiger partial charge in [0.05, 0.1) is 31.3 Å². The van der Waals surface area contributed by atoms with Crippen molar-refractivity contribution in [3.05, 3.63) is 84.2 Å². The average molecular weight is 401 g/mol. The molecule has 5 nitrogen and oxygen atoms in total. The Balaban J connectivity index is 2.06. The normalized spacial score (nSPS) is 11.1. The van der Waals surface area contributed by atoms with Crippen LogP contribution in [0.4, 0.5) is 10.1 Å². The van der Waals surface area contributed by atoms with Crippen LogP contribution in [0.1, 0.15) is 5.56 Å². The van der Waals surface area contributed by atoms with Gasteiger partial charge in [-0.25, -0.2) is 12.8 Å². The predicted octanol–water partition coefficient (Wildman–Crippen LogP) is 4.24. The highest BCUT2D eigenvalue weighted by Crippen LogP contribution is 2.29. The van der Waals surface area contributed by atoms with E-state index in [2.05, 4.69) is 0 Å². The Hall–Kier alpha value is -3.06. The molecule has 0 fully saturated rings. The van der Waals surface area contributed by atoms with Crippen molar-refractivity contribution in [1.82, 2.24) is 0 Å². The highest BCUT2D eigenvalue weighted by Gasteiger charge is 2.25. The molecule has 0 aliphatic heterocycles. The maximum absolute atomic E-state index is 13.4. The molecule has 0 aliphatic rings. The minimum absolute atomic E-state index is 0.0435.